The van der Waals surface area contributed by atoms with E-state index in [1.165, 1.54) is 36.0 Å². The molecule has 0 fully saturated rings. The van der Waals surface area contributed by atoms with Crippen molar-refractivity contribution in [3.8, 4) is 5.75 Å². The first-order valence-electron chi connectivity index (χ1n) is 6.00. The number of benzene rings is 2. The molecule has 0 saturated carbocycles. The largest absolute Gasteiger partial charge is 0.508 e. The highest BCUT2D eigenvalue weighted by atomic mass is 32.2. The molecular formula is C14H13NO4S2. The van der Waals surface area contributed by atoms with Gasteiger partial charge in [0.2, 0.25) is 5.91 Å². The van der Waals surface area contributed by atoms with Crippen LogP contribution in [0, 0.1) is 0 Å². The SMILES string of the molecule is O=C(CSc1ccc(O)cc1)NS(=O)(=O)c1ccccc1. The highest BCUT2D eigenvalue weighted by Gasteiger charge is 2.16. The molecule has 0 spiro atoms. The number of phenolic OH excluding ortho intramolecular Hbond substituents is 1. The number of sulfonamides is 1. The fourth-order valence-electron chi connectivity index (χ4n) is 1.53. The molecule has 0 atom stereocenters. The van der Waals surface area contributed by atoms with Gasteiger partial charge < -0.3 is 5.11 Å². The van der Waals surface area contributed by atoms with Gasteiger partial charge in [0.1, 0.15) is 5.75 Å². The fraction of sp³-hybridized carbons (Fsp3) is 0.0714. The van der Waals surface area contributed by atoms with Gasteiger partial charge in [-0.2, -0.15) is 0 Å². The molecule has 5 nitrogen and oxygen atoms in total. The van der Waals surface area contributed by atoms with Gasteiger partial charge in [0.15, 0.2) is 0 Å². The molecule has 0 radical (unpaired) electrons. The minimum atomic E-state index is -3.82. The molecular weight excluding hydrogens is 310 g/mol. The van der Waals surface area contributed by atoms with Gasteiger partial charge in [-0.15, -0.1) is 11.8 Å². The predicted molar refractivity (Wildman–Crippen MR) is 80.6 cm³/mol. The van der Waals surface area contributed by atoms with Crippen molar-refractivity contribution in [1.82, 2.24) is 4.72 Å². The molecule has 2 aromatic carbocycles. The molecule has 110 valence electrons. The van der Waals surface area contributed by atoms with Crippen LogP contribution in [-0.4, -0.2) is 25.2 Å². The lowest BCUT2D eigenvalue weighted by Crippen LogP contribution is -2.31. The molecule has 0 aromatic heterocycles. The second kappa shape index (κ2) is 6.64. The van der Waals surface area contributed by atoms with E-state index in [9.17, 15) is 13.2 Å². The molecule has 2 rings (SSSR count). The third-order valence-electron chi connectivity index (χ3n) is 2.51. The molecule has 0 aliphatic rings. The first-order valence-corrected chi connectivity index (χ1v) is 8.47. The van der Waals surface area contributed by atoms with Crippen molar-refractivity contribution < 1.29 is 18.3 Å². The molecule has 0 heterocycles. The Kier molecular flexibility index (Phi) is 4.87. The number of rotatable bonds is 5. The minimum absolute atomic E-state index is 0.0309. The Morgan fingerprint density at radius 3 is 2.29 bits per heavy atom. The molecule has 21 heavy (non-hydrogen) atoms. The number of hydrogen-bond donors (Lipinski definition) is 2. The highest BCUT2D eigenvalue weighted by molar-refractivity contribution is 8.00. The van der Waals surface area contributed by atoms with Crippen molar-refractivity contribution in [2.75, 3.05) is 5.75 Å². The lowest BCUT2D eigenvalue weighted by atomic mass is 10.3. The van der Waals surface area contributed by atoms with Gasteiger partial charge in [0, 0.05) is 4.90 Å². The quantitative estimate of drug-likeness (QED) is 0.822. The maximum Gasteiger partial charge on any atom is 0.264 e. The standard InChI is InChI=1S/C14H13NO4S2/c16-11-6-8-12(9-7-11)20-10-14(17)15-21(18,19)13-4-2-1-3-5-13/h1-9,16H,10H2,(H,15,17). The molecule has 2 aromatic rings. The minimum Gasteiger partial charge on any atom is -0.508 e. The van der Waals surface area contributed by atoms with E-state index in [1.807, 2.05) is 4.72 Å². The zero-order valence-corrected chi connectivity index (χ0v) is 12.5. The molecule has 0 saturated heterocycles. The van der Waals surface area contributed by atoms with Gasteiger partial charge >= 0.3 is 0 Å². The average Bonchev–Trinajstić information content (AvgIpc) is 2.47. The summed E-state index contributed by atoms with van der Waals surface area (Å²) in [7, 11) is -3.82. The monoisotopic (exact) mass is 323 g/mol. The average molecular weight is 323 g/mol. The normalized spacial score (nSPS) is 11.0. The number of hydrogen-bond acceptors (Lipinski definition) is 5. The van der Waals surface area contributed by atoms with Crippen LogP contribution in [0.25, 0.3) is 0 Å². The molecule has 0 unspecified atom stereocenters. The number of phenols is 1. The van der Waals surface area contributed by atoms with Crippen molar-refractivity contribution in [1.29, 1.82) is 0 Å². The fourth-order valence-corrected chi connectivity index (χ4v) is 3.32. The van der Waals surface area contributed by atoms with Gasteiger partial charge in [0.05, 0.1) is 10.6 Å². The van der Waals surface area contributed by atoms with E-state index >= 15 is 0 Å². The summed E-state index contributed by atoms with van der Waals surface area (Å²) < 4.78 is 25.9. The van der Waals surface area contributed by atoms with E-state index in [2.05, 4.69) is 0 Å². The number of amides is 1. The van der Waals surface area contributed by atoms with Crippen LogP contribution in [0.15, 0.2) is 64.4 Å². The Hall–Kier alpha value is -1.99. The molecule has 7 heteroatoms. The summed E-state index contributed by atoms with van der Waals surface area (Å²) in [6.07, 6.45) is 0. The lowest BCUT2D eigenvalue weighted by molar-refractivity contribution is -0.116. The summed E-state index contributed by atoms with van der Waals surface area (Å²) in [6, 6.07) is 14.0. The zero-order chi connectivity index (χ0) is 15.3. The van der Waals surface area contributed by atoms with Crippen LogP contribution in [-0.2, 0) is 14.8 Å². The molecule has 1 amide bonds. The topological polar surface area (TPSA) is 83.5 Å². The van der Waals surface area contributed by atoms with Gasteiger partial charge in [-0.05, 0) is 36.4 Å². The molecule has 2 N–H and O–H groups in total. The van der Waals surface area contributed by atoms with E-state index in [0.717, 1.165) is 4.90 Å². The number of carbonyl (C=O) groups is 1. The second-order valence-electron chi connectivity index (χ2n) is 4.12. The van der Waals surface area contributed by atoms with E-state index < -0.39 is 15.9 Å². The van der Waals surface area contributed by atoms with Crippen LogP contribution in [0.5, 0.6) is 5.75 Å². The van der Waals surface area contributed by atoms with Crippen molar-refractivity contribution in [2.45, 2.75) is 9.79 Å². The van der Waals surface area contributed by atoms with Crippen LogP contribution in [0.2, 0.25) is 0 Å². The highest BCUT2D eigenvalue weighted by Crippen LogP contribution is 2.20. The third kappa shape index (κ3) is 4.51. The van der Waals surface area contributed by atoms with Crippen LogP contribution < -0.4 is 4.72 Å². The summed E-state index contributed by atoms with van der Waals surface area (Å²) in [4.78, 5) is 12.5. The molecule has 0 bridgehead atoms. The maximum absolute atomic E-state index is 11.9. The Morgan fingerprint density at radius 2 is 1.67 bits per heavy atom. The number of carbonyl (C=O) groups excluding carboxylic acids is 1. The number of aromatic hydroxyl groups is 1. The first kappa shape index (κ1) is 15.4. The van der Waals surface area contributed by atoms with Crippen LogP contribution >= 0.6 is 11.8 Å². The zero-order valence-electron chi connectivity index (χ0n) is 10.9. The number of thioether (sulfide) groups is 1. The summed E-state index contributed by atoms with van der Waals surface area (Å²) in [5, 5.41) is 9.15. The van der Waals surface area contributed by atoms with Crippen LogP contribution in [0.3, 0.4) is 0 Å². The van der Waals surface area contributed by atoms with Crippen molar-refractivity contribution in [3.05, 3.63) is 54.6 Å². The van der Waals surface area contributed by atoms with Gasteiger partial charge in [0.25, 0.3) is 10.0 Å². The Labute approximate surface area is 127 Å². The summed E-state index contributed by atoms with van der Waals surface area (Å²) >= 11 is 1.19. The third-order valence-corrected chi connectivity index (χ3v) is 4.91. The summed E-state index contributed by atoms with van der Waals surface area (Å²) in [5.41, 5.74) is 0. The van der Waals surface area contributed by atoms with Gasteiger partial charge in [-0.25, -0.2) is 13.1 Å². The summed E-state index contributed by atoms with van der Waals surface area (Å²) in [6.45, 7) is 0. The first-order chi connectivity index (χ1) is 9.97. The Balaban J connectivity index is 1.94. The molecule has 0 aliphatic carbocycles. The van der Waals surface area contributed by atoms with E-state index in [-0.39, 0.29) is 16.4 Å². The van der Waals surface area contributed by atoms with Crippen LogP contribution in [0.1, 0.15) is 0 Å². The maximum atomic E-state index is 11.9. The summed E-state index contributed by atoms with van der Waals surface area (Å²) in [5.74, 6) is -0.496. The van der Waals surface area contributed by atoms with Crippen molar-refractivity contribution in [3.63, 3.8) is 0 Å². The van der Waals surface area contributed by atoms with E-state index in [4.69, 9.17) is 5.11 Å². The van der Waals surface area contributed by atoms with Crippen LogP contribution in [0.4, 0.5) is 0 Å². The second-order valence-corrected chi connectivity index (χ2v) is 6.86. The van der Waals surface area contributed by atoms with Crippen molar-refractivity contribution in [2.24, 2.45) is 0 Å². The predicted octanol–water partition coefficient (Wildman–Crippen LogP) is 1.99. The smallest absolute Gasteiger partial charge is 0.264 e. The van der Waals surface area contributed by atoms with E-state index in [0.29, 0.717) is 0 Å². The Bertz CT molecular complexity index is 712. The molecule has 0 aliphatic heterocycles. The van der Waals surface area contributed by atoms with Gasteiger partial charge in [-0.3, -0.25) is 4.79 Å². The Morgan fingerprint density at radius 1 is 1.05 bits per heavy atom. The number of nitrogens with one attached hydrogen (secondary N) is 1. The lowest BCUT2D eigenvalue weighted by Gasteiger charge is -2.06. The van der Waals surface area contributed by atoms with Gasteiger partial charge in [-0.1, -0.05) is 18.2 Å². The van der Waals surface area contributed by atoms with Crippen molar-refractivity contribution >= 4 is 27.7 Å². The van der Waals surface area contributed by atoms with E-state index in [1.54, 1.807) is 30.3 Å².